The highest BCUT2D eigenvalue weighted by Gasteiger charge is 2.19. The Morgan fingerprint density at radius 3 is 2.40 bits per heavy atom. The van der Waals surface area contributed by atoms with Gasteiger partial charge in [0.1, 0.15) is 5.75 Å². The topological polar surface area (TPSA) is 9.23 Å². The monoisotopic (exact) mass is 456 g/mol. The molecule has 6 heteroatoms. The lowest BCUT2D eigenvalue weighted by molar-refractivity contribution is 0.415. The minimum absolute atomic E-state index is 0.164. The van der Waals surface area contributed by atoms with E-state index in [1.807, 2.05) is 18.2 Å². The van der Waals surface area contributed by atoms with Crippen molar-refractivity contribution >= 4 is 66.7 Å². The van der Waals surface area contributed by atoms with Crippen molar-refractivity contribution < 1.29 is 4.74 Å². The van der Waals surface area contributed by atoms with Gasteiger partial charge in [-0.1, -0.05) is 62.9 Å². The van der Waals surface area contributed by atoms with E-state index in [4.69, 9.17) is 39.5 Å². The van der Waals surface area contributed by atoms with Crippen molar-refractivity contribution in [2.24, 2.45) is 0 Å². The zero-order valence-electron chi connectivity index (χ0n) is 10.3. The molecular weight excluding hydrogens is 450 g/mol. The molecule has 0 radical (unpaired) electrons. The lowest BCUT2D eigenvalue weighted by Gasteiger charge is -2.16. The van der Waals surface area contributed by atoms with Crippen molar-refractivity contribution in [1.29, 1.82) is 0 Å². The van der Waals surface area contributed by atoms with Crippen LogP contribution in [0.4, 0.5) is 0 Å². The summed E-state index contributed by atoms with van der Waals surface area (Å²) < 4.78 is 5.97. The number of rotatable bonds is 3. The first-order chi connectivity index (χ1) is 9.45. The fourth-order valence-corrected chi connectivity index (χ4v) is 3.93. The normalized spacial score (nSPS) is 12.3. The third kappa shape index (κ3) is 3.28. The Labute approximate surface area is 149 Å². The van der Waals surface area contributed by atoms with Gasteiger partial charge < -0.3 is 4.74 Å². The molecule has 0 aliphatic carbocycles. The van der Waals surface area contributed by atoms with E-state index in [-0.39, 0.29) is 4.83 Å². The molecule has 2 rings (SSSR count). The van der Waals surface area contributed by atoms with Gasteiger partial charge >= 0.3 is 0 Å². The maximum absolute atomic E-state index is 6.31. The molecule has 0 spiro atoms. The second-order valence-corrected chi connectivity index (χ2v) is 6.98. The fourth-order valence-electron chi connectivity index (χ4n) is 1.78. The number of halogens is 5. The van der Waals surface area contributed by atoms with Crippen LogP contribution in [-0.2, 0) is 0 Å². The Bertz CT molecular complexity index is 647. The Balaban J connectivity index is 2.51. The van der Waals surface area contributed by atoms with E-state index in [1.54, 1.807) is 19.2 Å². The van der Waals surface area contributed by atoms with E-state index in [0.717, 1.165) is 15.6 Å². The minimum atomic E-state index is -0.164. The molecule has 20 heavy (non-hydrogen) atoms. The molecule has 0 amide bonds. The zero-order chi connectivity index (χ0) is 14.9. The van der Waals surface area contributed by atoms with Crippen molar-refractivity contribution in [2.45, 2.75) is 4.83 Å². The first kappa shape index (κ1) is 16.4. The largest absolute Gasteiger partial charge is 0.495 e. The molecule has 2 aromatic carbocycles. The van der Waals surface area contributed by atoms with Gasteiger partial charge in [-0.2, -0.15) is 0 Å². The Kier molecular flexibility index (Phi) is 5.66. The van der Waals surface area contributed by atoms with E-state index in [1.165, 1.54) is 0 Å². The molecule has 0 fully saturated rings. The lowest BCUT2D eigenvalue weighted by Crippen LogP contribution is -1.97. The fraction of sp³-hybridized carbons (Fsp3) is 0.143. The van der Waals surface area contributed by atoms with E-state index >= 15 is 0 Å². The van der Waals surface area contributed by atoms with Crippen molar-refractivity contribution in [1.82, 2.24) is 0 Å². The molecule has 0 bridgehead atoms. The SMILES string of the molecule is COc1cc(Cl)c(C(Br)c2cccc(Br)c2Cl)cc1Cl. The summed E-state index contributed by atoms with van der Waals surface area (Å²) in [6, 6.07) is 9.20. The van der Waals surface area contributed by atoms with E-state index < -0.39 is 0 Å². The zero-order valence-corrected chi connectivity index (χ0v) is 15.7. The molecule has 0 heterocycles. The second-order valence-electron chi connectivity index (χ2n) is 4.01. The Morgan fingerprint density at radius 2 is 1.75 bits per heavy atom. The second kappa shape index (κ2) is 6.89. The summed E-state index contributed by atoms with van der Waals surface area (Å²) in [6.45, 7) is 0. The molecule has 106 valence electrons. The predicted octanol–water partition coefficient (Wildman–Crippen LogP) is 6.90. The molecule has 1 atom stereocenters. The van der Waals surface area contributed by atoms with E-state index in [9.17, 15) is 0 Å². The Morgan fingerprint density at radius 1 is 1.05 bits per heavy atom. The minimum Gasteiger partial charge on any atom is -0.495 e. The van der Waals surface area contributed by atoms with Crippen LogP contribution in [0.25, 0.3) is 0 Å². The van der Waals surface area contributed by atoms with Crippen molar-refractivity contribution in [3.05, 3.63) is 61.0 Å². The molecule has 0 aromatic heterocycles. The number of alkyl halides is 1. The molecule has 0 saturated heterocycles. The van der Waals surface area contributed by atoms with Gasteiger partial charge in [-0.25, -0.2) is 0 Å². The van der Waals surface area contributed by atoms with Crippen molar-refractivity contribution in [2.75, 3.05) is 7.11 Å². The lowest BCUT2D eigenvalue weighted by atomic mass is 10.0. The highest BCUT2D eigenvalue weighted by atomic mass is 79.9. The number of benzene rings is 2. The van der Waals surface area contributed by atoms with Gasteiger partial charge in [-0.05, 0) is 39.2 Å². The molecule has 1 nitrogen and oxygen atoms in total. The maximum Gasteiger partial charge on any atom is 0.138 e. The average molecular weight is 459 g/mol. The predicted molar refractivity (Wildman–Crippen MR) is 92.9 cm³/mol. The average Bonchev–Trinajstić information content (AvgIpc) is 2.43. The third-order valence-corrected chi connectivity index (χ3v) is 5.72. The Hall–Kier alpha value is 0.0700. The molecular formula is C14H9Br2Cl3O. The van der Waals surface area contributed by atoms with Crippen LogP contribution < -0.4 is 4.74 Å². The van der Waals surface area contributed by atoms with Crippen LogP contribution in [0, 0.1) is 0 Å². The summed E-state index contributed by atoms with van der Waals surface area (Å²) >= 11 is 25.8. The van der Waals surface area contributed by atoms with Gasteiger partial charge in [-0.3, -0.25) is 0 Å². The standard InChI is InChI=1S/C14H9Br2Cl3O/c1-20-12-6-10(17)8(5-11(12)18)13(16)7-3-2-4-9(15)14(7)19/h2-6,13H,1H3. The highest BCUT2D eigenvalue weighted by molar-refractivity contribution is 9.10. The highest BCUT2D eigenvalue weighted by Crippen LogP contribution is 2.43. The third-order valence-electron chi connectivity index (χ3n) is 2.80. The maximum atomic E-state index is 6.31. The summed E-state index contributed by atoms with van der Waals surface area (Å²) in [7, 11) is 1.55. The van der Waals surface area contributed by atoms with Crippen LogP contribution in [0.3, 0.4) is 0 Å². The van der Waals surface area contributed by atoms with Crippen LogP contribution in [0.15, 0.2) is 34.8 Å². The first-order valence-electron chi connectivity index (χ1n) is 5.56. The number of hydrogen-bond acceptors (Lipinski definition) is 1. The van der Waals surface area contributed by atoms with Crippen LogP contribution in [0.2, 0.25) is 15.1 Å². The molecule has 0 N–H and O–H groups in total. The van der Waals surface area contributed by atoms with E-state index in [0.29, 0.717) is 20.8 Å². The summed E-state index contributed by atoms with van der Waals surface area (Å²) in [6.07, 6.45) is 0. The van der Waals surface area contributed by atoms with Crippen molar-refractivity contribution in [3.8, 4) is 5.75 Å². The van der Waals surface area contributed by atoms with Gasteiger partial charge in [0, 0.05) is 15.6 Å². The number of ether oxygens (including phenoxy) is 1. The van der Waals surface area contributed by atoms with Crippen molar-refractivity contribution in [3.63, 3.8) is 0 Å². The number of methoxy groups -OCH3 is 1. The van der Waals surface area contributed by atoms with Gasteiger partial charge in [0.2, 0.25) is 0 Å². The number of hydrogen-bond donors (Lipinski definition) is 0. The molecule has 1 unspecified atom stereocenters. The van der Waals surface area contributed by atoms with Gasteiger partial charge in [0.05, 0.1) is 22.0 Å². The molecule has 0 saturated carbocycles. The molecule has 0 aliphatic rings. The summed E-state index contributed by atoms with van der Waals surface area (Å²) in [5.74, 6) is 0.542. The van der Waals surface area contributed by atoms with Gasteiger partial charge in [-0.15, -0.1) is 0 Å². The van der Waals surface area contributed by atoms with Crippen LogP contribution in [0.1, 0.15) is 16.0 Å². The van der Waals surface area contributed by atoms with Crippen LogP contribution in [0.5, 0.6) is 5.75 Å². The molecule has 0 aliphatic heterocycles. The van der Waals surface area contributed by atoms with Crippen LogP contribution >= 0.6 is 66.7 Å². The summed E-state index contributed by atoms with van der Waals surface area (Å²) in [4.78, 5) is -0.164. The van der Waals surface area contributed by atoms with Gasteiger partial charge in [0.15, 0.2) is 0 Å². The summed E-state index contributed by atoms with van der Waals surface area (Å²) in [5.41, 5.74) is 1.74. The van der Waals surface area contributed by atoms with Crippen LogP contribution in [-0.4, -0.2) is 7.11 Å². The first-order valence-corrected chi connectivity index (χ1v) is 8.41. The molecule has 2 aromatic rings. The van der Waals surface area contributed by atoms with E-state index in [2.05, 4.69) is 31.9 Å². The smallest absolute Gasteiger partial charge is 0.138 e. The quantitative estimate of drug-likeness (QED) is 0.454. The van der Waals surface area contributed by atoms with Gasteiger partial charge in [0.25, 0.3) is 0 Å². The summed E-state index contributed by atoms with van der Waals surface area (Å²) in [5, 5.41) is 1.70.